The summed E-state index contributed by atoms with van der Waals surface area (Å²) in [4.78, 5) is 19.2. The number of ketones is 1. The summed E-state index contributed by atoms with van der Waals surface area (Å²) >= 11 is 1.80. The number of fused-ring (bicyclic) bond motifs is 1. The maximum atomic E-state index is 12.6. The maximum Gasteiger partial charge on any atom is 0.151 e. The van der Waals surface area contributed by atoms with Gasteiger partial charge < -0.3 is 10.2 Å². The molecule has 0 amide bonds. The number of rotatable bonds is 5. The molecule has 25 heavy (non-hydrogen) atoms. The lowest BCUT2D eigenvalue weighted by Gasteiger charge is -2.40. The Balaban J connectivity index is 1.19. The monoisotopic (exact) mass is 361 g/mol. The van der Waals surface area contributed by atoms with Crippen molar-refractivity contribution in [3.8, 4) is 0 Å². The van der Waals surface area contributed by atoms with Gasteiger partial charge in [0.1, 0.15) is 0 Å². The zero-order chi connectivity index (χ0) is 17.1. The van der Waals surface area contributed by atoms with Crippen molar-refractivity contribution in [3.05, 3.63) is 21.9 Å². The van der Waals surface area contributed by atoms with Gasteiger partial charge in [0.15, 0.2) is 5.78 Å². The van der Waals surface area contributed by atoms with E-state index in [1.54, 1.807) is 11.3 Å². The van der Waals surface area contributed by atoms with Crippen LogP contribution in [0.15, 0.2) is 11.4 Å². The average molecular weight is 362 g/mol. The lowest BCUT2D eigenvalue weighted by Crippen LogP contribution is -2.51. The minimum Gasteiger partial charge on any atom is -0.302 e. The van der Waals surface area contributed by atoms with Crippen molar-refractivity contribution in [3.63, 3.8) is 0 Å². The lowest BCUT2D eigenvalue weighted by molar-refractivity contribution is -0.121. The Morgan fingerprint density at radius 1 is 1.16 bits per heavy atom. The van der Waals surface area contributed by atoms with Crippen LogP contribution in [0, 0.1) is 0 Å². The molecule has 1 N–H and O–H groups in total. The van der Waals surface area contributed by atoms with E-state index in [1.807, 2.05) is 0 Å². The number of thiophene rings is 1. The Kier molecular flexibility index (Phi) is 5.86. The van der Waals surface area contributed by atoms with E-state index in [2.05, 4.69) is 26.6 Å². The van der Waals surface area contributed by atoms with Crippen LogP contribution in [-0.4, -0.2) is 60.4 Å². The van der Waals surface area contributed by atoms with Crippen LogP contribution in [0.1, 0.15) is 49.0 Å². The van der Waals surface area contributed by atoms with Crippen molar-refractivity contribution < 1.29 is 4.79 Å². The highest BCUT2D eigenvalue weighted by molar-refractivity contribution is 7.10. The SMILES string of the molecule is O=C(CCN1CCN(C2CCCCC2)CC1)C1Cc2ccsc2CN1. The Bertz CT molecular complexity index is 573. The van der Waals surface area contributed by atoms with Crippen LogP contribution in [-0.2, 0) is 17.8 Å². The van der Waals surface area contributed by atoms with Gasteiger partial charge in [-0.25, -0.2) is 0 Å². The van der Waals surface area contributed by atoms with Crippen molar-refractivity contribution in [2.75, 3.05) is 32.7 Å². The molecule has 2 aliphatic heterocycles. The van der Waals surface area contributed by atoms with E-state index in [1.165, 1.54) is 55.6 Å². The zero-order valence-electron chi connectivity index (χ0n) is 15.2. The number of hydrogen-bond donors (Lipinski definition) is 1. The molecule has 1 aromatic heterocycles. The Hall–Kier alpha value is -0.750. The van der Waals surface area contributed by atoms with E-state index >= 15 is 0 Å². The van der Waals surface area contributed by atoms with Crippen LogP contribution < -0.4 is 5.32 Å². The molecule has 1 unspecified atom stereocenters. The number of carbonyl (C=O) groups excluding carboxylic acids is 1. The zero-order valence-corrected chi connectivity index (χ0v) is 16.0. The van der Waals surface area contributed by atoms with Crippen LogP contribution in [0.5, 0.6) is 0 Å². The molecule has 3 heterocycles. The first kappa shape index (κ1) is 17.7. The van der Waals surface area contributed by atoms with Gasteiger partial charge >= 0.3 is 0 Å². The maximum absolute atomic E-state index is 12.6. The number of carbonyl (C=O) groups is 1. The minimum atomic E-state index is 0.0330. The van der Waals surface area contributed by atoms with Gasteiger partial charge in [-0.15, -0.1) is 11.3 Å². The summed E-state index contributed by atoms with van der Waals surface area (Å²) < 4.78 is 0. The first-order valence-electron chi connectivity index (χ1n) is 10.1. The average Bonchev–Trinajstić information content (AvgIpc) is 3.15. The van der Waals surface area contributed by atoms with E-state index in [9.17, 15) is 4.79 Å². The van der Waals surface area contributed by atoms with Crippen LogP contribution >= 0.6 is 11.3 Å². The van der Waals surface area contributed by atoms with E-state index in [4.69, 9.17) is 0 Å². The van der Waals surface area contributed by atoms with Crippen molar-refractivity contribution in [2.24, 2.45) is 0 Å². The van der Waals surface area contributed by atoms with E-state index in [-0.39, 0.29) is 6.04 Å². The first-order valence-corrected chi connectivity index (χ1v) is 11.0. The van der Waals surface area contributed by atoms with E-state index in [0.29, 0.717) is 12.2 Å². The summed E-state index contributed by atoms with van der Waals surface area (Å²) in [6, 6.07) is 3.06. The molecule has 4 rings (SSSR count). The number of Topliss-reactive ketones (excluding diaryl/α,β-unsaturated/α-hetero) is 1. The molecule has 0 radical (unpaired) electrons. The molecule has 5 heteroatoms. The van der Waals surface area contributed by atoms with Crippen molar-refractivity contribution >= 4 is 17.1 Å². The molecule has 1 atom stereocenters. The highest BCUT2D eigenvalue weighted by atomic mass is 32.1. The molecule has 138 valence electrons. The molecule has 0 bridgehead atoms. The van der Waals surface area contributed by atoms with Crippen LogP contribution in [0.3, 0.4) is 0 Å². The number of hydrogen-bond acceptors (Lipinski definition) is 5. The van der Waals surface area contributed by atoms with Crippen molar-refractivity contribution in [1.29, 1.82) is 0 Å². The molecular formula is C20H31N3OS. The second-order valence-corrected chi connectivity index (χ2v) is 8.89. The third-order valence-corrected chi connectivity index (χ3v) is 7.30. The Morgan fingerprint density at radius 3 is 2.76 bits per heavy atom. The molecule has 2 fully saturated rings. The van der Waals surface area contributed by atoms with Gasteiger partial charge in [-0.3, -0.25) is 9.69 Å². The first-order chi connectivity index (χ1) is 12.3. The van der Waals surface area contributed by atoms with Crippen molar-refractivity contribution in [1.82, 2.24) is 15.1 Å². The quantitative estimate of drug-likeness (QED) is 0.875. The van der Waals surface area contributed by atoms with Gasteiger partial charge in [-0.05, 0) is 36.3 Å². The van der Waals surface area contributed by atoms with E-state index in [0.717, 1.165) is 38.6 Å². The van der Waals surface area contributed by atoms with Gasteiger partial charge in [-0.1, -0.05) is 19.3 Å². The number of piperazine rings is 1. The number of nitrogens with zero attached hydrogens (tertiary/aromatic N) is 2. The highest BCUT2D eigenvalue weighted by Crippen LogP contribution is 2.24. The fourth-order valence-corrected chi connectivity index (χ4v) is 5.55. The Labute approximate surface area is 155 Å². The predicted octanol–water partition coefficient (Wildman–Crippen LogP) is 2.67. The summed E-state index contributed by atoms with van der Waals surface area (Å²) in [7, 11) is 0. The van der Waals surface area contributed by atoms with Gasteiger partial charge in [0, 0.05) is 56.6 Å². The molecule has 1 aliphatic carbocycles. The fourth-order valence-electron chi connectivity index (χ4n) is 4.68. The molecular weight excluding hydrogens is 330 g/mol. The summed E-state index contributed by atoms with van der Waals surface area (Å²) in [6.45, 7) is 6.46. The molecule has 0 aromatic carbocycles. The third-order valence-electron chi connectivity index (χ3n) is 6.33. The normalized spacial score (nSPS) is 26.5. The molecule has 1 aromatic rings. The third kappa shape index (κ3) is 4.33. The smallest absolute Gasteiger partial charge is 0.151 e. The summed E-state index contributed by atoms with van der Waals surface area (Å²) in [5, 5.41) is 5.58. The predicted molar refractivity (Wildman–Crippen MR) is 103 cm³/mol. The second-order valence-electron chi connectivity index (χ2n) is 7.89. The van der Waals surface area contributed by atoms with Crippen LogP contribution in [0.25, 0.3) is 0 Å². The summed E-state index contributed by atoms with van der Waals surface area (Å²) in [6.07, 6.45) is 8.64. The van der Waals surface area contributed by atoms with Crippen molar-refractivity contribution in [2.45, 2.75) is 63.6 Å². The van der Waals surface area contributed by atoms with Gasteiger partial charge in [0.05, 0.1) is 6.04 Å². The standard InChI is InChI=1S/C20H31N3OS/c24-19(18-14-16-7-13-25-20(16)15-21-18)6-8-22-9-11-23(12-10-22)17-4-2-1-3-5-17/h7,13,17-18,21H,1-6,8-12,14-15H2. The summed E-state index contributed by atoms with van der Waals surface area (Å²) in [5.74, 6) is 0.395. The second kappa shape index (κ2) is 8.30. The fraction of sp³-hybridized carbons (Fsp3) is 0.750. The van der Waals surface area contributed by atoms with Gasteiger partial charge in [-0.2, -0.15) is 0 Å². The van der Waals surface area contributed by atoms with Crippen LogP contribution in [0.4, 0.5) is 0 Å². The molecule has 4 nitrogen and oxygen atoms in total. The topological polar surface area (TPSA) is 35.6 Å². The highest BCUT2D eigenvalue weighted by Gasteiger charge is 2.27. The molecule has 0 spiro atoms. The molecule has 3 aliphatic rings. The van der Waals surface area contributed by atoms with Gasteiger partial charge in [0.2, 0.25) is 0 Å². The molecule has 1 saturated heterocycles. The van der Waals surface area contributed by atoms with E-state index < -0.39 is 0 Å². The lowest BCUT2D eigenvalue weighted by atomic mass is 9.94. The van der Waals surface area contributed by atoms with Gasteiger partial charge in [0.25, 0.3) is 0 Å². The number of nitrogens with one attached hydrogen (secondary N) is 1. The minimum absolute atomic E-state index is 0.0330. The largest absolute Gasteiger partial charge is 0.302 e. The molecule has 1 saturated carbocycles. The van der Waals surface area contributed by atoms with Crippen LogP contribution in [0.2, 0.25) is 0 Å². The Morgan fingerprint density at radius 2 is 1.96 bits per heavy atom. The summed E-state index contributed by atoms with van der Waals surface area (Å²) in [5.41, 5.74) is 1.38.